The van der Waals surface area contributed by atoms with Crippen LogP contribution < -0.4 is 0 Å². The molecule has 15 heavy (non-hydrogen) atoms. The van der Waals surface area contributed by atoms with Gasteiger partial charge < -0.3 is 4.74 Å². The number of hydrogen-bond acceptors (Lipinski definition) is 4. The van der Waals surface area contributed by atoms with Gasteiger partial charge in [0.1, 0.15) is 11.6 Å². The zero-order valence-corrected chi connectivity index (χ0v) is 9.33. The zero-order chi connectivity index (χ0) is 10.9. The first-order valence-corrected chi connectivity index (χ1v) is 6.11. The highest BCUT2D eigenvalue weighted by Gasteiger charge is 2.29. The molecule has 1 aromatic heterocycles. The van der Waals surface area contributed by atoms with Crippen LogP contribution in [0.15, 0.2) is 23.4 Å². The van der Waals surface area contributed by atoms with Crippen molar-refractivity contribution in [3.8, 4) is 0 Å². The molecular formula is C8H9ClN2O3S. The molecule has 0 spiro atoms. The molecule has 1 saturated heterocycles. The average molecular weight is 249 g/mol. The Labute approximate surface area is 92.7 Å². The second kappa shape index (κ2) is 4.05. The molecule has 0 radical (unpaired) electrons. The van der Waals surface area contributed by atoms with Gasteiger partial charge in [-0.1, -0.05) is 11.6 Å². The molecule has 1 aromatic rings. The lowest BCUT2D eigenvalue weighted by Gasteiger charge is -2.14. The number of nitrogens with zero attached hydrogens (tertiary/aromatic N) is 2. The van der Waals surface area contributed by atoms with Gasteiger partial charge >= 0.3 is 0 Å². The first kappa shape index (κ1) is 10.8. The van der Waals surface area contributed by atoms with Gasteiger partial charge in [0, 0.05) is 18.9 Å². The van der Waals surface area contributed by atoms with Crippen molar-refractivity contribution >= 4 is 21.6 Å². The third-order valence-corrected chi connectivity index (χ3v) is 4.36. The molecule has 7 heteroatoms. The van der Waals surface area contributed by atoms with Crippen molar-refractivity contribution in [3.63, 3.8) is 0 Å². The predicted molar refractivity (Wildman–Crippen MR) is 54.0 cm³/mol. The fraction of sp³-hybridized carbons (Fsp3) is 0.375. The molecular weight excluding hydrogens is 240 g/mol. The van der Waals surface area contributed by atoms with Crippen molar-refractivity contribution < 1.29 is 13.2 Å². The smallest absolute Gasteiger partial charge is 0.248 e. The Morgan fingerprint density at radius 3 is 2.93 bits per heavy atom. The molecule has 1 fully saturated rings. The fourth-order valence-electron chi connectivity index (χ4n) is 1.28. The molecule has 1 aliphatic rings. The number of sulfonamides is 1. The van der Waals surface area contributed by atoms with E-state index in [-0.39, 0.29) is 16.6 Å². The Kier molecular flexibility index (Phi) is 2.92. The van der Waals surface area contributed by atoms with Crippen LogP contribution in [-0.2, 0) is 14.8 Å². The molecule has 0 atom stereocenters. The number of hydrogen-bond donors (Lipinski definition) is 0. The van der Waals surface area contributed by atoms with Crippen molar-refractivity contribution in [1.29, 1.82) is 0 Å². The molecule has 0 aromatic carbocycles. The standard InChI is InChI=1S/C8H9ClN2O3S/c9-7-1-2-10-5-8(7)15(12,13)11-3-4-14-6-11/h1-2,5H,3-4,6H2. The lowest BCUT2D eigenvalue weighted by molar-refractivity contribution is 0.172. The molecule has 1 aliphatic heterocycles. The molecule has 0 amide bonds. The molecule has 5 nitrogen and oxygen atoms in total. The van der Waals surface area contributed by atoms with Crippen LogP contribution in [0.3, 0.4) is 0 Å². The maximum absolute atomic E-state index is 12.0. The van der Waals surface area contributed by atoms with E-state index < -0.39 is 10.0 Å². The summed E-state index contributed by atoms with van der Waals surface area (Å²) < 4.78 is 30.2. The summed E-state index contributed by atoms with van der Waals surface area (Å²) in [6, 6.07) is 1.45. The van der Waals surface area contributed by atoms with Gasteiger partial charge in [-0.2, -0.15) is 4.31 Å². The Hall–Kier alpha value is -0.690. The quantitative estimate of drug-likeness (QED) is 0.774. The third kappa shape index (κ3) is 1.98. The number of pyridine rings is 1. The summed E-state index contributed by atoms with van der Waals surface area (Å²) >= 11 is 5.80. The summed E-state index contributed by atoms with van der Waals surface area (Å²) in [5.74, 6) is 0. The van der Waals surface area contributed by atoms with Crippen molar-refractivity contribution in [2.75, 3.05) is 19.9 Å². The van der Waals surface area contributed by atoms with E-state index in [2.05, 4.69) is 4.98 Å². The maximum Gasteiger partial charge on any atom is 0.248 e. The molecule has 0 N–H and O–H groups in total. The number of aromatic nitrogens is 1. The summed E-state index contributed by atoms with van der Waals surface area (Å²) in [7, 11) is -3.56. The SMILES string of the molecule is O=S(=O)(c1cnccc1Cl)N1CCOC1. The summed E-state index contributed by atoms with van der Waals surface area (Å²) in [4.78, 5) is 3.78. The predicted octanol–water partition coefficient (Wildman–Crippen LogP) is 0.713. The monoisotopic (exact) mass is 248 g/mol. The lowest BCUT2D eigenvalue weighted by atomic mass is 10.5. The third-order valence-electron chi connectivity index (χ3n) is 2.07. The largest absolute Gasteiger partial charge is 0.364 e. The van der Waals surface area contributed by atoms with Crippen LogP contribution >= 0.6 is 11.6 Å². The van der Waals surface area contributed by atoms with E-state index in [0.717, 1.165) is 0 Å². The van der Waals surface area contributed by atoms with E-state index in [1.165, 1.54) is 22.8 Å². The molecule has 2 rings (SSSR count). The summed E-state index contributed by atoms with van der Waals surface area (Å²) in [5.41, 5.74) is 0. The van der Waals surface area contributed by atoms with E-state index in [0.29, 0.717) is 13.2 Å². The average Bonchev–Trinajstić information content (AvgIpc) is 2.71. The van der Waals surface area contributed by atoms with Crippen molar-refractivity contribution in [2.45, 2.75) is 4.90 Å². The highest BCUT2D eigenvalue weighted by Crippen LogP contribution is 2.24. The van der Waals surface area contributed by atoms with Crippen LogP contribution in [0, 0.1) is 0 Å². The molecule has 82 valence electrons. The van der Waals surface area contributed by atoms with Crippen LogP contribution in [0.5, 0.6) is 0 Å². The van der Waals surface area contributed by atoms with Crippen LogP contribution in [-0.4, -0.2) is 37.6 Å². The van der Waals surface area contributed by atoms with E-state index in [9.17, 15) is 8.42 Å². The van der Waals surface area contributed by atoms with Crippen molar-refractivity contribution in [2.24, 2.45) is 0 Å². The van der Waals surface area contributed by atoms with E-state index >= 15 is 0 Å². The van der Waals surface area contributed by atoms with Gasteiger partial charge in [0.25, 0.3) is 0 Å². The van der Waals surface area contributed by atoms with E-state index in [1.54, 1.807) is 0 Å². The summed E-state index contributed by atoms with van der Waals surface area (Å²) in [6.07, 6.45) is 2.69. The van der Waals surface area contributed by atoms with Gasteiger partial charge in [-0.25, -0.2) is 8.42 Å². The molecule has 0 aliphatic carbocycles. The maximum atomic E-state index is 12.0. The van der Waals surface area contributed by atoms with Gasteiger partial charge in [-0.3, -0.25) is 4.98 Å². The minimum Gasteiger partial charge on any atom is -0.364 e. The van der Waals surface area contributed by atoms with Crippen LogP contribution in [0.2, 0.25) is 5.02 Å². The van der Waals surface area contributed by atoms with Crippen molar-refractivity contribution in [3.05, 3.63) is 23.5 Å². The molecule has 0 unspecified atom stereocenters. The summed E-state index contributed by atoms with van der Waals surface area (Å²) in [5, 5.41) is 0.178. The highest BCUT2D eigenvalue weighted by atomic mass is 35.5. The Balaban J connectivity index is 2.41. The topological polar surface area (TPSA) is 59.5 Å². The van der Waals surface area contributed by atoms with Gasteiger partial charge in [0.2, 0.25) is 10.0 Å². The Morgan fingerprint density at radius 2 is 2.33 bits per heavy atom. The lowest BCUT2D eigenvalue weighted by Crippen LogP contribution is -2.28. The zero-order valence-electron chi connectivity index (χ0n) is 7.76. The normalized spacial score (nSPS) is 18.2. The first-order valence-electron chi connectivity index (χ1n) is 4.30. The van der Waals surface area contributed by atoms with Crippen LogP contribution in [0.4, 0.5) is 0 Å². The van der Waals surface area contributed by atoms with Gasteiger partial charge in [0.15, 0.2) is 0 Å². The number of halogens is 1. The minimum atomic E-state index is -3.56. The Morgan fingerprint density at radius 1 is 1.53 bits per heavy atom. The van der Waals surface area contributed by atoms with Crippen molar-refractivity contribution in [1.82, 2.24) is 9.29 Å². The van der Waals surface area contributed by atoms with E-state index in [4.69, 9.17) is 16.3 Å². The number of rotatable bonds is 2. The first-order chi connectivity index (χ1) is 7.12. The second-order valence-corrected chi connectivity index (χ2v) is 5.34. The second-order valence-electron chi connectivity index (χ2n) is 3.02. The van der Waals surface area contributed by atoms with Crippen LogP contribution in [0.25, 0.3) is 0 Å². The van der Waals surface area contributed by atoms with Gasteiger partial charge in [0.05, 0.1) is 11.6 Å². The van der Waals surface area contributed by atoms with Gasteiger partial charge in [-0.05, 0) is 6.07 Å². The number of ether oxygens (including phenoxy) is 1. The van der Waals surface area contributed by atoms with Crippen LogP contribution in [0.1, 0.15) is 0 Å². The molecule has 2 heterocycles. The Bertz CT molecular complexity index is 457. The van der Waals surface area contributed by atoms with E-state index in [1.807, 2.05) is 0 Å². The molecule has 0 bridgehead atoms. The van der Waals surface area contributed by atoms with Gasteiger partial charge in [-0.15, -0.1) is 0 Å². The fourth-order valence-corrected chi connectivity index (χ4v) is 2.99. The highest BCUT2D eigenvalue weighted by molar-refractivity contribution is 7.89. The minimum absolute atomic E-state index is 0.0252. The summed E-state index contributed by atoms with van der Waals surface area (Å²) in [6.45, 7) is 0.845. The molecule has 0 saturated carbocycles.